The highest BCUT2D eigenvalue weighted by molar-refractivity contribution is 6.00. The number of fused-ring (bicyclic) bond motifs is 1. The van der Waals surface area contributed by atoms with Crippen LogP contribution in [0.2, 0.25) is 0 Å². The number of non-ortho nitro benzene ring substituents is 1. The third-order valence-electron chi connectivity index (χ3n) is 3.36. The average Bonchev–Trinajstić information content (AvgIpc) is 2.40. The fourth-order valence-corrected chi connectivity index (χ4v) is 2.37. The van der Waals surface area contributed by atoms with Crippen LogP contribution in [0.4, 0.5) is 11.4 Å². The van der Waals surface area contributed by atoms with Gasteiger partial charge in [0.25, 0.3) is 11.6 Å². The number of nitrogens with zero attached hydrogens (tertiary/aromatic N) is 2. The Balaban J connectivity index is 2.47. The first-order chi connectivity index (χ1) is 9.81. The van der Waals surface area contributed by atoms with Crippen molar-refractivity contribution in [2.24, 2.45) is 11.8 Å². The summed E-state index contributed by atoms with van der Waals surface area (Å²) in [7, 11) is 0. The summed E-state index contributed by atoms with van der Waals surface area (Å²) < 4.78 is 5.71. The molecule has 2 rings (SSSR count). The number of nitro groups is 1. The van der Waals surface area contributed by atoms with E-state index >= 15 is 0 Å². The van der Waals surface area contributed by atoms with E-state index in [1.807, 2.05) is 27.7 Å². The normalized spacial score (nSPS) is 17.9. The lowest BCUT2D eigenvalue weighted by Crippen LogP contribution is -2.49. The van der Waals surface area contributed by atoms with E-state index in [0.29, 0.717) is 23.9 Å². The van der Waals surface area contributed by atoms with Gasteiger partial charge in [0.2, 0.25) is 0 Å². The van der Waals surface area contributed by atoms with Crippen molar-refractivity contribution in [3.05, 3.63) is 28.3 Å². The smallest absolute Gasteiger partial charge is 0.273 e. The Hall–Kier alpha value is -2.11. The second-order valence-electron chi connectivity index (χ2n) is 6.03. The molecule has 0 spiro atoms. The van der Waals surface area contributed by atoms with Crippen LogP contribution in [0.3, 0.4) is 0 Å². The molecule has 6 heteroatoms. The molecule has 1 amide bonds. The van der Waals surface area contributed by atoms with Gasteiger partial charge in [-0.2, -0.15) is 0 Å². The second-order valence-corrected chi connectivity index (χ2v) is 6.03. The van der Waals surface area contributed by atoms with Gasteiger partial charge in [-0.15, -0.1) is 0 Å². The first kappa shape index (κ1) is 15.3. The molecule has 0 saturated heterocycles. The molecular weight excluding hydrogens is 272 g/mol. The molecule has 1 aliphatic rings. The average molecular weight is 292 g/mol. The summed E-state index contributed by atoms with van der Waals surface area (Å²) in [6.45, 7) is 8.42. The van der Waals surface area contributed by atoms with E-state index in [1.165, 1.54) is 12.1 Å². The predicted octanol–water partition coefficient (Wildman–Crippen LogP) is 3.00. The maximum absolute atomic E-state index is 12.6. The predicted molar refractivity (Wildman–Crippen MR) is 79.5 cm³/mol. The zero-order chi connectivity index (χ0) is 15.7. The molecule has 1 aromatic rings. The summed E-state index contributed by atoms with van der Waals surface area (Å²) in [4.78, 5) is 24.7. The van der Waals surface area contributed by atoms with Gasteiger partial charge >= 0.3 is 0 Å². The van der Waals surface area contributed by atoms with E-state index in [-0.39, 0.29) is 17.5 Å². The van der Waals surface area contributed by atoms with Crippen LogP contribution >= 0.6 is 0 Å². The third-order valence-corrected chi connectivity index (χ3v) is 3.36. The number of ether oxygens (including phenoxy) is 1. The minimum atomic E-state index is -0.599. The van der Waals surface area contributed by atoms with E-state index in [4.69, 9.17) is 4.74 Å². The SMILES string of the molecule is CC(C)CN1C(=O)C(C(C)C)Oc2cc([N+](=O)[O-])ccc21. The van der Waals surface area contributed by atoms with Crippen LogP contribution in [0.25, 0.3) is 0 Å². The van der Waals surface area contributed by atoms with E-state index in [2.05, 4.69) is 0 Å². The van der Waals surface area contributed by atoms with Crippen LogP contribution in [0, 0.1) is 22.0 Å². The number of anilines is 1. The van der Waals surface area contributed by atoms with Gasteiger partial charge in [-0.25, -0.2) is 0 Å². The molecule has 21 heavy (non-hydrogen) atoms. The zero-order valence-corrected chi connectivity index (χ0v) is 12.7. The number of hydrogen-bond donors (Lipinski definition) is 0. The van der Waals surface area contributed by atoms with Gasteiger partial charge in [0.05, 0.1) is 16.7 Å². The number of carbonyl (C=O) groups is 1. The molecule has 0 N–H and O–H groups in total. The van der Waals surface area contributed by atoms with Crippen molar-refractivity contribution in [2.45, 2.75) is 33.8 Å². The summed E-state index contributed by atoms with van der Waals surface area (Å²) in [5.74, 6) is 0.616. The molecular formula is C15H20N2O4. The summed E-state index contributed by atoms with van der Waals surface area (Å²) in [5.41, 5.74) is 0.575. The Bertz CT molecular complexity index is 569. The van der Waals surface area contributed by atoms with Gasteiger partial charge in [-0.3, -0.25) is 14.9 Å². The lowest BCUT2D eigenvalue weighted by molar-refractivity contribution is -0.384. The van der Waals surface area contributed by atoms with Gasteiger partial charge < -0.3 is 9.64 Å². The van der Waals surface area contributed by atoms with Gasteiger partial charge in [0.1, 0.15) is 0 Å². The molecule has 1 aliphatic heterocycles. The van der Waals surface area contributed by atoms with Crippen molar-refractivity contribution in [1.29, 1.82) is 0 Å². The number of carbonyl (C=O) groups excluding carboxylic acids is 1. The maximum Gasteiger partial charge on any atom is 0.273 e. The summed E-state index contributed by atoms with van der Waals surface area (Å²) in [6.07, 6.45) is -0.599. The zero-order valence-electron chi connectivity index (χ0n) is 12.7. The Labute approximate surface area is 123 Å². The van der Waals surface area contributed by atoms with Crippen molar-refractivity contribution in [3.63, 3.8) is 0 Å². The Kier molecular flexibility index (Phi) is 4.16. The van der Waals surface area contributed by atoms with E-state index in [0.717, 1.165) is 0 Å². The Morgan fingerprint density at radius 1 is 1.33 bits per heavy atom. The Morgan fingerprint density at radius 2 is 2.00 bits per heavy atom. The minimum absolute atomic E-state index is 0.000394. The van der Waals surface area contributed by atoms with Crippen molar-refractivity contribution >= 4 is 17.3 Å². The number of amides is 1. The van der Waals surface area contributed by atoms with Crippen molar-refractivity contribution in [2.75, 3.05) is 11.4 Å². The van der Waals surface area contributed by atoms with Crippen molar-refractivity contribution < 1.29 is 14.5 Å². The van der Waals surface area contributed by atoms with Crippen molar-refractivity contribution in [1.82, 2.24) is 0 Å². The number of benzene rings is 1. The van der Waals surface area contributed by atoms with Crippen LogP contribution < -0.4 is 9.64 Å². The summed E-state index contributed by atoms with van der Waals surface area (Å²) >= 11 is 0. The molecule has 1 heterocycles. The van der Waals surface area contributed by atoms with Gasteiger partial charge in [0.15, 0.2) is 11.9 Å². The third kappa shape index (κ3) is 2.99. The molecule has 1 atom stereocenters. The molecule has 0 bridgehead atoms. The van der Waals surface area contributed by atoms with Crippen LogP contribution in [-0.2, 0) is 4.79 Å². The second kappa shape index (κ2) is 5.71. The highest BCUT2D eigenvalue weighted by atomic mass is 16.6. The largest absolute Gasteiger partial charge is 0.478 e. The number of hydrogen-bond acceptors (Lipinski definition) is 4. The first-order valence-electron chi connectivity index (χ1n) is 7.07. The lowest BCUT2D eigenvalue weighted by Gasteiger charge is -2.36. The van der Waals surface area contributed by atoms with E-state index in [1.54, 1.807) is 11.0 Å². The lowest BCUT2D eigenvalue weighted by atomic mass is 10.0. The topological polar surface area (TPSA) is 72.7 Å². The highest BCUT2D eigenvalue weighted by Gasteiger charge is 2.37. The minimum Gasteiger partial charge on any atom is -0.478 e. The van der Waals surface area contributed by atoms with E-state index in [9.17, 15) is 14.9 Å². The maximum atomic E-state index is 12.6. The highest BCUT2D eigenvalue weighted by Crippen LogP contribution is 2.38. The molecule has 0 aromatic heterocycles. The van der Waals surface area contributed by atoms with Crippen LogP contribution in [0.15, 0.2) is 18.2 Å². The Morgan fingerprint density at radius 3 is 2.52 bits per heavy atom. The first-order valence-corrected chi connectivity index (χ1v) is 7.07. The molecule has 1 unspecified atom stereocenters. The van der Waals surface area contributed by atoms with E-state index < -0.39 is 11.0 Å². The standard InChI is InChI=1S/C15H20N2O4/c1-9(2)8-16-12-6-5-11(17(19)20)7-13(12)21-14(10(3)4)15(16)18/h5-7,9-10,14H,8H2,1-4H3. The van der Waals surface area contributed by atoms with Crippen LogP contribution in [0.1, 0.15) is 27.7 Å². The van der Waals surface area contributed by atoms with Gasteiger partial charge in [-0.05, 0) is 17.9 Å². The molecule has 1 aromatic carbocycles. The number of rotatable bonds is 4. The molecule has 0 saturated carbocycles. The molecule has 0 fully saturated rings. The fraction of sp³-hybridized carbons (Fsp3) is 0.533. The summed E-state index contributed by atoms with van der Waals surface area (Å²) in [6, 6.07) is 4.38. The van der Waals surface area contributed by atoms with Crippen LogP contribution in [-0.4, -0.2) is 23.5 Å². The molecule has 0 aliphatic carbocycles. The van der Waals surface area contributed by atoms with Gasteiger partial charge in [0, 0.05) is 12.6 Å². The van der Waals surface area contributed by atoms with Crippen LogP contribution in [0.5, 0.6) is 5.75 Å². The quantitative estimate of drug-likeness (QED) is 0.631. The molecule has 114 valence electrons. The van der Waals surface area contributed by atoms with Crippen molar-refractivity contribution in [3.8, 4) is 5.75 Å². The fourth-order valence-electron chi connectivity index (χ4n) is 2.37. The monoisotopic (exact) mass is 292 g/mol. The molecule has 0 radical (unpaired) electrons. The number of nitro benzene ring substituents is 1. The summed E-state index contributed by atoms with van der Waals surface area (Å²) in [5, 5.41) is 10.9. The van der Waals surface area contributed by atoms with Gasteiger partial charge in [-0.1, -0.05) is 27.7 Å². The molecule has 6 nitrogen and oxygen atoms in total.